The summed E-state index contributed by atoms with van der Waals surface area (Å²) in [6.07, 6.45) is 0. The summed E-state index contributed by atoms with van der Waals surface area (Å²) in [4.78, 5) is 0. The van der Waals surface area contributed by atoms with Crippen molar-refractivity contribution in [2.24, 2.45) is 0 Å². The Bertz CT molecular complexity index is 507. The van der Waals surface area contributed by atoms with Crippen LogP contribution in [0.2, 0.25) is 0 Å². The summed E-state index contributed by atoms with van der Waals surface area (Å²) in [5.74, 6) is 0. The molecule has 1 unspecified atom stereocenters. The molecule has 106 valence electrons. The lowest BCUT2D eigenvalue weighted by atomic mass is 9.86. The first-order valence-electron chi connectivity index (χ1n) is 6.29. The number of aryl methyl sites for hydroxylation is 1. The summed E-state index contributed by atoms with van der Waals surface area (Å²) >= 11 is 3.47. The van der Waals surface area contributed by atoms with Crippen LogP contribution in [0.5, 0.6) is 0 Å². The second-order valence-corrected chi connectivity index (χ2v) is 8.90. The van der Waals surface area contributed by atoms with Gasteiger partial charge in [-0.25, -0.2) is 8.93 Å². The third-order valence-corrected chi connectivity index (χ3v) is 5.43. The Morgan fingerprint density at radius 1 is 1.37 bits per heavy atom. The molecule has 0 amide bonds. The van der Waals surface area contributed by atoms with E-state index in [1.807, 2.05) is 26.8 Å². The zero-order valence-corrected chi connectivity index (χ0v) is 14.2. The number of ether oxygens (including phenoxy) is 1. The molecule has 0 radical (unpaired) electrons. The lowest BCUT2D eigenvalue weighted by Gasteiger charge is -2.44. The maximum atomic E-state index is 12.4. The van der Waals surface area contributed by atoms with Crippen molar-refractivity contribution in [2.45, 2.75) is 38.0 Å². The number of rotatable bonds is 3. The van der Waals surface area contributed by atoms with E-state index in [-0.39, 0.29) is 10.3 Å². The molecule has 1 aromatic carbocycles. The third-order valence-electron chi connectivity index (χ3n) is 3.25. The fourth-order valence-electron chi connectivity index (χ4n) is 2.07. The molecule has 0 aromatic heterocycles. The molecular weight excluding hydrogens is 326 g/mol. The van der Waals surface area contributed by atoms with Gasteiger partial charge >= 0.3 is 0 Å². The van der Waals surface area contributed by atoms with Crippen molar-refractivity contribution in [1.29, 1.82) is 0 Å². The highest BCUT2D eigenvalue weighted by Crippen LogP contribution is 2.34. The maximum absolute atomic E-state index is 12.4. The SMILES string of the molecule is Cc1cc(Br)ccc1C1(NS(=O)C(C)(C)C)COC1. The van der Waals surface area contributed by atoms with Gasteiger partial charge < -0.3 is 4.74 Å². The van der Waals surface area contributed by atoms with E-state index >= 15 is 0 Å². The number of nitrogens with one attached hydrogen (secondary N) is 1. The highest BCUT2D eigenvalue weighted by molar-refractivity contribution is 9.10. The Hall–Kier alpha value is -0.230. The average molecular weight is 346 g/mol. The molecule has 1 N–H and O–H groups in total. The Morgan fingerprint density at radius 3 is 2.42 bits per heavy atom. The van der Waals surface area contributed by atoms with Crippen LogP contribution in [0, 0.1) is 6.92 Å². The minimum atomic E-state index is -1.11. The van der Waals surface area contributed by atoms with E-state index in [1.165, 1.54) is 11.1 Å². The lowest BCUT2D eigenvalue weighted by molar-refractivity contribution is -0.0662. The van der Waals surface area contributed by atoms with Gasteiger partial charge in [-0.2, -0.15) is 0 Å². The Kier molecular flexibility index (Phi) is 4.21. The van der Waals surface area contributed by atoms with Crippen molar-refractivity contribution in [1.82, 2.24) is 4.72 Å². The van der Waals surface area contributed by atoms with Crippen LogP contribution in [0.4, 0.5) is 0 Å². The third kappa shape index (κ3) is 3.10. The van der Waals surface area contributed by atoms with Gasteiger partial charge in [0.1, 0.15) is 5.54 Å². The lowest BCUT2D eigenvalue weighted by Crippen LogP contribution is -2.60. The van der Waals surface area contributed by atoms with Crippen LogP contribution in [0.1, 0.15) is 31.9 Å². The number of halogens is 1. The van der Waals surface area contributed by atoms with Crippen LogP contribution in [0.3, 0.4) is 0 Å². The smallest absolute Gasteiger partial charge is 0.102 e. The van der Waals surface area contributed by atoms with Gasteiger partial charge in [0.2, 0.25) is 0 Å². The predicted octanol–water partition coefficient (Wildman–Crippen LogP) is 3.03. The molecule has 1 aromatic rings. The molecule has 1 heterocycles. The molecule has 3 nitrogen and oxygen atoms in total. The first-order valence-corrected chi connectivity index (χ1v) is 8.23. The zero-order valence-electron chi connectivity index (χ0n) is 11.7. The Labute approximate surface area is 125 Å². The predicted molar refractivity (Wildman–Crippen MR) is 82.4 cm³/mol. The molecule has 19 heavy (non-hydrogen) atoms. The van der Waals surface area contributed by atoms with Crippen molar-refractivity contribution in [3.63, 3.8) is 0 Å². The van der Waals surface area contributed by atoms with Crippen LogP contribution < -0.4 is 4.72 Å². The molecule has 1 aliphatic heterocycles. The van der Waals surface area contributed by atoms with E-state index in [4.69, 9.17) is 4.74 Å². The van der Waals surface area contributed by atoms with E-state index in [1.54, 1.807) is 0 Å². The average Bonchev–Trinajstić information content (AvgIpc) is 2.22. The van der Waals surface area contributed by atoms with E-state index in [9.17, 15) is 4.21 Å². The normalized spacial score (nSPS) is 19.8. The molecule has 1 atom stereocenters. The van der Waals surface area contributed by atoms with Gasteiger partial charge in [0.05, 0.1) is 28.9 Å². The summed E-state index contributed by atoms with van der Waals surface area (Å²) in [5.41, 5.74) is 2.03. The summed E-state index contributed by atoms with van der Waals surface area (Å²) in [5, 5.41) is 0. The first-order chi connectivity index (χ1) is 8.74. The molecule has 0 spiro atoms. The highest BCUT2D eigenvalue weighted by atomic mass is 79.9. The summed E-state index contributed by atoms with van der Waals surface area (Å²) < 4.78 is 21.8. The van der Waals surface area contributed by atoms with Crippen LogP contribution in [-0.4, -0.2) is 22.2 Å². The van der Waals surface area contributed by atoms with Gasteiger partial charge in [-0.05, 0) is 51.0 Å². The summed E-state index contributed by atoms with van der Waals surface area (Å²) in [6, 6.07) is 6.18. The van der Waals surface area contributed by atoms with E-state index in [2.05, 4.69) is 39.7 Å². The fourth-order valence-corrected chi connectivity index (χ4v) is 3.43. The summed E-state index contributed by atoms with van der Waals surface area (Å²) in [7, 11) is -1.11. The van der Waals surface area contributed by atoms with Crippen molar-refractivity contribution in [3.8, 4) is 0 Å². The maximum Gasteiger partial charge on any atom is 0.102 e. The number of benzene rings is 1. The highest BCUT2D eigenvalue weighted by Gasteiger charge is 2.44. The molecule has 1 fully saturated rings. The minimum Gasteiger partial charge on any atom is -0.377 e. The standard InChI is InChI=1S/C14H20BrNO2S/c1-10-7-11(15)5-6-12(10)14(8-18-9-14)16-19(17)13(2,3)4/h5-7,16H,8-9H2,1-4H3. The molecule has 0 saturated carbocycles. The molecule has 1 aliphatic rings. The second kappa shape index (κ2) is 5.28. The van der Waals surface area contributed by atoms with Crippen molar-refractivity contribution in [3.05, 3.63) is 33.8 Å². The van der Waals surface area contributed by atoms with Gasteiger partial charge in [-0.15, -0.1) is 0 Å². The first kappa shape index (κ1) is 15.2. The van der Waals surface area contributed by atoms with Crippen molar-refractivity contribution >= 4 is 26.9 Å². The number of hydrogen-bond acceptors (Lipinski definition) is 2. The molecule has 5 heteroatoms. The van der Waals surface area contributed by atoms with Crippen LogP contribution in [0.15, 0.2) is 22.7 Å². The van der Waals surface area contributed by atoms with Crippen LogP contribution >= 0.6 is 15.9 Å². The Balaban J connectivity index is 2.30. The van der Waals surface area contributed by atoms with Crippen molar-refractivity contribution in [2.75, 3.05) is 13.2 Å². The minimum absolute atomic E-state index is 0.286. The number of hydrogen-bond donors (Lipinski definition) is 1. The van der Waals surface area contributed by atoms with Gasteiger partial charge in [0.25, 0.3) is 0 Å². The topological polar surface area (TPSA) is 38.3 Å². The largest absolute Gasteiger partial charge is 0.377 e. The monoisotopic (exact) mass is 345 g/mol. The van der Waals surface area contributed by atoms with E-state index < -0.39 is 11.0 Å². The van der Waals surface area contributed by atoms with Crippen LogP contribution in [-0.2, 0) is 21.3 Å². The molecule has 0 aliphatic carbocycles. The molecule has 1 saturated heterocycles. The summed E-state index contributed by atoms with van der Waals surface area (Å²) in [6.45, 7) is 9.11. The van der Waals surface area contributed by atoms with Gasteiger partial charge in [0.15, 0.2) is 0 Å². The quantitative estimate of drug-likeness (QED) is 0.914. The molecule has 2 rings (SSSR count). The van der Waals surface area contributed by atoms with Gasteiger partial charge in [-0.1, -0.05) is 22.0 Å². The van der Waals surface area contributed by atoms with E-state index in [0.717, 1.165) is 4.47 Å². The second-order valence-electron chi connectivity index (χ2n) is 6.02. The van der Waals surface area contributed by atoms with Crippen molar-refractivity contribution < 1.29 is 8.95 Å². The molecular formula is C14H20BrNO2S. The van der Waals surface area contributed by atoms with Crippen LogP contribution in [0.25, 0.3) is 0 Å². The molecule has 0 bridgehead atoms. The fraction of sp³-hybridized carbons (Fsp3) is 0.571. The zero-order chi connectivity index (χ0) is 14.3. The van der Waals surface area contributed by atoms with E-state index in [0.29, 0.717) is 13.2 Å². The van der Waals surface area contributed by atoms with Gasteiger partial charge in [-0.3, -0.25) is 0 Å². The van der Waals surface area contributed by atoms with Gasteiger partial charge in [0, 0.05) is 4.47 Å². The Morgan fingerprint density at radius 2 is 2.00 bits per heavy atom.